The van der Waals surface area contributed by atoms with Crippen LogP contribution >= 0.6 is 0 Å². The van der Waals surface area contributed by atoms with Crippen molar-refractivity contribution in [3.05, 3.63) is 172 Å². The maximum atomic E-state index is 8.48. The smallest absolute Gasteiger partial charge is 0.0702 e. The zero-order valence-corrected chi connectivity index (χ0v) is 28.3. The van der Waals surface area contributed by atoms with Crippen molar-refractivity contribution in [3.8, 4) is 22.3 Å². The molecular formula is C49H36N2. The first kappa shape index (κ1) is 30.7. The van der Waals surface area contributed by atoms with Crippen LogP contribution in [0.5, 0.6) is 0 Å². The molecule has 242 valence electrons. The van der Waals surface area contributed by atoms with Crippen LogP contribution in [0.4, 0.5) is 0 Å². The van der Waals surface area contributed by atoms with Crippen LogP contribution in [0.2, 0.25) is 0 Å². The maximum absolute atomic E-state index is 8.48. The van der Waals surface area contributed by atoms with Crippen molar-refractivity contribution in [2.24, 2.45) is 0 Å². The summed E-state index contributed by atoms with van der Waals surface area (Å²) in [7, 11) is 0. The van der Waals surface area contributed by atoms with Crippen LogP contribution in [0.1, 0.15) is 41.5 Å². The summed E-state index contributed by atoms with van der Waals surface area (Å²) in [5.74, 6) is 0. The molecule has 0 amide bonds. The average Bonchev–Trinajstić information content (AvgIpc) is 3.43. The third-order valence-electron chi connectivity index (χ3n) is 10.2. The molecule has 6 aromatic carbocycles. The number of nitrogens with zero attached hydrogens (tertiary/aromatic N) is 1. The van der Waals surface area contributed by atoms with Gasteiger partial charge in [-0.3, -0.25) is 4.98 Å². The lowest BCUT2D eigenvalue weighted by atomic mass is 9.84. The van der Waals surface area contributed by atoms with Crippen LogP contribution in [0.15, 0.2) is 140 Å². The molecule has 0 atom stereocenters. The number of rotatable bonds is 6. The van der Waals surface area contributed by atoms with Crippen molar-refractivity contribution in [3.63, 3.8) is 0 Å². The topological polar surface area (TPSA) is 36.7 Å². The van der Waals surface area contributed by atoms with Gasteiger partial charge in [-0.2, -0.15) is 0 Å². The van der Waals surface area contributed by atoms with Crippen molar-refractivity contribution in [2.75, 3.05) is 0 Å². The number of nitrogens with one attached hydrogen (secondary N) is 1. The maximum Gasteiger partial charge on any atom is 0.0702 e. The van der Waals surface area contributed by atoms with E-state index in [2.05, 4.69) is 139 Å². The Morgan fingerprint density at radius 2 is 1.35 bits per heavy atom. The van der Waals surface area contributed by atoms with Gasteiger partial charge in [0, 0.05) is 17.8 Å². The molecule has 51 heavy (non-hydrogen) atoms. The fourth-order valence-corrected chi connectivity index (χ4v) is 7.72. The molecule has 0 aliphatic heterocycles. The lowest BCUT2D eigenvalue weighted by Crippen LogP contribution is -2.31. The monoisotopic (exact) mass is 652 g/mol. The average molecular weight is 653 g/mol. The molecule has 0 fully saturated rings. The van der Waals surface area contributed by atoms with Crippen LogP contribution in [0.25, 0.3) is 90.7 Å². The molecule has 2 heteroatoms. The highest BCUT2D eigenvalue weighted by atomic mass is 14.6. The quantitative estimate of drug-likeness (QED) is 0.141. The summed E-state index contributed by atoms with van der Waals surface area (Å²) >= 11 is 0. The van der Waals surface area contributed by atoms with Gasteiger partial charge < -0.3 is 5.41 Å². The Kier molecular flexibility index (Phi) is 7.91. The Bertz CT molecular complexity index is 2790. The standard InChI is InChI=1S/C49H36N2/c50-31-42(17-10-11-33-27-39-16-6-9-20-47(39)51-32-33)38-25-26-45-46(30-38)49(41-24-22-34-12-2-1-3-14-36(34)29-41)44-19-8-7-18-43(44)48(45)40-23-21-35-13-4-5-15-37(35)28-40/h2-6,9-32,50H,1,7-8H2/b11-10+,42-17+,50-31?. The number of para-hydroxylation sites is 1. The Morgan fingerprint density at radius 3 is 2.20 bits per heavy atom. The van der Waals surface area contributed by atoms with Gasteiger partial charge in [-0.1, -0.05) is 134 Å². The van der Waals surface area contributed by atoms with E-state index < -0.39 is 0 Å². The zero-order chi connectivity index (χ0) is 34.1. The fraction of sp³-hybridized carbons (Fsp3) is 0.0612. The number of benzene rings is 6. The molecule has 7 aromatic rings. The highest BCUT2D eigenvalue weighted by Gasteiger charge is 2.18. The molecule has 0 unspecified atom stereocenters. The zero-order valence-electron chi connectivity index (χ0n) is 28.3. The largest absolute Gasteiger partial charge is 0.308 e. The summed E-state index contributed by atoms with van der Waals surface area (Å²) in [6, 6.07) is 39.5. The van der Waals surface area contributed by atoms with Gasteiger partial charge in [0.2, 0.25) is 0 Å². The Balaban J connectivity index is 1.26. The molecule has 1 aromatic heterocycles. The van der Waals surface area contributed by atoms with Crippen molar-refractivity contribution in [1.29, 1.82) is 5.41 Å². The van der Waals surface area contributed by atoms with Gasteiger partial charge in [-0.05, 0) is 132 Å². The number of fused-ring (bicyclic) bond motifs is 5. The van der Waals surface area contributed by atoms with Crippen molar-refractivity contribution < 1.29 is 0 Å². The number of aromatic nitrogens is 1. The van der Waals surface area contributed by atoms with Gasteiger partial charge in [-0.25, -0.2) is 0 Å². The van der Waals surface area contributed by atoms with Crippen LogP contribution in [0.3, 0.4) is 0 Å². The molecule has 0 spiro atoms. The van der Waals surface area contributed by atoms with Crippen LogP contribution < -0.4 is 10.4 Å². The molecule has 0 radical (unpaired) electrons. The first-order valence-electron chi connectivity index (χ1n) is 17.7. The minimum Gasteiger partial charge on any atom is -0.308 e. The molecule has 9 rings (SSSR count). The summed E-state index contributed by atoms with van der Waals surface area (Å²) in [6.07, 6.45) is 26.3. The van der Waals surface area contributed by atoms with Crippen molar-refractivity contribution >= 4 is 74.6 Å². The molecule has 0 saturated heterocycles. The molecule has 2 aliphatic rings. The van der Waals surface area contributed by atoms with E-state index in [1.807, 2.05) is 36.5 Å². The predicted octanol–water partition coefficient (Wildman–Crippen LogP) is 11.4. The second-order valence-electron chi connectivity index (χ2n) is 13.4. The third kappa shape index (κ3) is 5.75. The lowest BCUT2D eigenvalue weighted by Gasteiger charge is -2.19. The van der Waals surface area contributed by atoms with E-state index in [1.165, 1.54) is 71.6 Å². The normalized spacial score (nSPS) is 13.9. The molecule has 2 aliphatic carbocycles. The van der Waals surface area contributed by atoms with E-state index in [0.29, 0.717) is 0 Å². The lowest BCUT2D eigenvalue weighted by molar-refractivity contribution is 1.12. The number of hydrogen-bond donors (Lipinski definition) is 1. The van der Waals surface area contributed by atoms with Crippen LogP contribution in [-0.4, -0.2) is 11.2 Å². The van der Waals surface area contributed by atoms with E-state index >= 15 is 0 Å². The summed E-state index contributed by atoms with van der Waals surface area (Å²) in [5.41, 5.74) is 11.3. The van der Waals surface area contributed by atoms with E-state index in [4.69, 9.17) is 5.41 Å². The molecule has 1 N–H and O–H groups in total. The second kappa shape index (κ2) is 13.2. The van der Waals surface area contributed by atoms with Gasteiger partial charge in [0.05, 0.1) is 5.52 Å². The Morgan fingerprint density at radius 1 is 0.627 bits per heavy atom. The SMILES string of the molecule is N=C/C(=C\C=C\c1cnc2ccccc2c1)c1ccc2c(-c3ccc4ccccc4c3)c3c(c(-c4ccc5c(c4)C=CCC=C5)c2c1)=CCCC=3. The van der Waals surface area contributed by atoms with E-state index in [0.717, 1.165) is 46.9 Å². The summed E-state index contributed by atoms with van der Waals surface area (Å²) in [6.45, 7) is 0. The second-order valence-corrected chi connectivity index (χ2v) is 13.4. The Hall–Kier alpha value is -6.38. The summed E-state index contributed by atoms with van der Waals surface area (Å²) in [5, 5.41) is 17.1. The fourth-order valence-electron chi connectivity index (χ4n) is 7.72. The van der Waals surface area contributed by atoms with Gasteiger partial charge >= 0.3 is 0 Å². The van der Waals surface area contributed by atoms with Gasteiger partial charge in [-0.15, -0.1) is 0 Å². The minimum absolute atomic E-state index is 0.850. The van der Waals surface area contributed by atoms with Crippen molar-refractivity contribution in [1.82, 2.24) is 4.98 Å². The first-order valence-corrected chi connectivity index (χ1v) is 17.7. The number of pyridine rings is 1. The number of hydrogen-bond acceptors (Lipinski definition) is 2. The Labute approximate surface area is 298 Å². The van der Waals surface area contributed by atoms with Crippen LogP contribution in [0, 0.1) is 5.41 Å². The van der Waals surface area contributed by atoms with Crippen molar-refractivity contribution in [2.45, 2.75) is 19.3 Å². The molecule has 0 saturated carbocycles. The van der Waals surface area contributed by atoms with E-state index in [-0.39, 0.29) is 0 Å². The highest BCUT2D eigenvalue weighted by Crippen LogP contribution is 2.36. The molecule has 1 heterocycles. The highest BCUT2D eigenvalue weighted by molar-refractivity contribution is 6.13. The molecule has 2 nitrogen and oxygen atoms in total. The van der Waals surface area contributed by atoms with Gasteiger partial charge in [0.25, 0.3) is 0 Å². The van der Waals surface area contributed by atoms with Crippen LogP contribution in [-0.2, 0) is 0 Å². The third-order valence-corrected chi connectivity index (χ3v) is 10.2. The first-order chi connectivity index (χ1) is 25.2. The summed E-state index contributed by atoms with van der Waals surface area (Å²) in [4.78, 5) is 4.62. The predicted molar refractivity (Wildman–Crippen MR) is 220 cm³/mol. The minimum atomic E-state index is 0.850. The van der Waals surface area contributed by atoms with Gasteiger partial charge in [0.15, 0.2) is 0 Å². The van der Waals surface area contributed by atoms with E-state index in [1.54, 1.807) is 0 Å². The molecular weight excluding hydrogens is 617 g/mol. The van der Waals surface area contributed by atoms with E-state index in [9.17, 15) is 0 Å². The molecule has 0 bridgehead atoms. The van der Waals surface area contributed by atoms with Gasteiger partial charge in [0.1, 0.15) is 0 Å². The number of allylic oxidation sites excluding steroid dienone is 5. The summed E-state index contributed by atoms with van der Waals surface area (Å²) < 4.78 is 0.